The van der Waals surface area contributed by atoms with Crippen LogP contribution >= 0.6 is 0 Å². The van der Waals surface area contributed by atoms with Crippen LogP contribution in [-0.4, -0.2) is 37.8 Å². The van der Waals surface area contributed by atoms with E-state index in [1.807, 2.05) is 27.7 Å². The fourth-order valence-electron chi connectivity index (χ4n) is 2.06. The van der Waals surface area contributed by atoms with Crippen LogP contribution in [0.3, 0.4) is 0 Å². The largest absolute Gasteiger partial charge is 0.458 e. The second-order valence-electron chi connectivity index (χ2n) is 6.17. The maximum Gasteiger partial charge on any atom is 0.331 e. The lowest BCUT2D eigenvalue weighted by Crippen LogP contribution is -2.30. The molecule has 0 saturated carbocycles. The number of hydrogen-bond acceptors (Lipinski definition) is 6. The number of carbonyl (C=O) groups is 2. The highest BCUT2D eigenvalue weighted by Crippen LogP contribution is 2.21. The molecule has 7 nitrogen and oxygen atoms in total. The Morgan fingerprint density at radius 3 is 2.74 bits per heavy atom. The quantitative estimate of drug-likeness (QED) is 0.622. The van der Waals surface area contributed by atoms with Gasteiger partial charge in [0.2, 0.25) is 0 Å². The van der Waals surface area contributed by atoms with E-state index in [1.54, 1.807) is 18.5 Å². The first-order chi connectivity index (χ1) is 10.8. The zero-order chi connectivity index (χ0) is 17.0. The average molecular weight is 316 g/mol. The number of ether oxygens (including phenoxy) is 1. The Bertz CT molecular complexity index is 703. The third-order valence-corrected chi connectivity index (χ3v) is 3.09. The van der Waals surface area contributed by atoms with Crippen LogP contribution in [0.4, 0.5) is 0 Å². The van der Waals surface area contributed by atoms with E-state index in [0.717, 1.165) is 6.29 Å². The van der Waals surface area contributed by atoms with E-state index in [2.05, 4.69) is 15.3 Å². The summed E-state index contributed by atoms with van der Waals surface area (Å²) in [6.45, 7) is 7.34. The van der Waals surface area contributed by atoms with Gasteiger partial charge in [-0.15, -0.1) is 5.10 Å². The van der Waals surface area contributed by atoms with Crippen LogP contribution in [0.5, 0.6) is 0 Å². The SMILES string of the molecule is CCC(C(=O)OC(C)(C)C)n1cc(-c2cncc(C=O)c2)nn1. The fourth-order valence-corrected chi connectivity index (χ4v) is 2.06. The molecule has 2 aromatic rings. The van der Waals surface area contributed by atoms with E-state index in [9.17, 15) is 9.59 Å². The molecule has 2 aromatic heterocycles. The lowest BCUT2D eigenvalue weighted by atomic mass is 10.1. The molecule has 0 aliphatic rings. The van der Waals surface area contributed by atoms with Gasteiger partial charge in [0.25, 0.3) is 0 Å². The Kier molecular flexibility index (Phi) is 4.88. The zero-order valence-corrected chi connectivity index (χ0v) is 13.7. The summed E-state index contributed by atoms with van der Waals surface area (Å²) in [5, 5.41) is 8.08. The highest BCUT2D eigenvalue weighted by molar-refractivity contribution is 5.77. The van der Waals surface area contributed by atoms with Gasteiger partial charge in [0.15, 0.2) is 12.3 Å². The van der Waals surface area contributed by atoms with Crippen LogP contribution in [0.2, 0.25) is 0 Å². The van der Waals surface area contributed by atoms with Gasteiger partial charge in [-0.2, -0.15) is 0 Å². The van der Waals surface area contributed by atoms with Gasteiger partial charge >= 0.3 is 5.97 Å². The Morgan fingerprint density at radius 1 is 1.39 bits per heavy atom. The average Bonchev–Trinajstić information content (AvgIpc) is 2.96. The molecule has 1 unspecified atom stereocenters. The number of hydrogen-bond donors (Lipinski definition) is 0. The lowest BCUT2D eigenvalue weighted by Gasteiger charge is -2.23. The summed E-state index contributed by atoms with van der Waals surface area (Å²) in [4.78, 5) is 27.1. The van der Waals surface area contributed by atoms with Crippen LogP contribution in [0, 0.1) is 0 Å². The van der Waals surface area contributed by atoms with E-state index in [-0.39, 0.29) is 5.97 Å². The molecule has 122 valence electrons. The number of aldehydes is 1. The molecular weight excluding hydrogens is 296 g/mol. The Morgan fingerprint density at radius 2 is 2.13 bits per heavy atom. The van der Waals surface area contributed by atoms with Crippen molar-refractivity contribution in [3.8, 4) is 11.3 Å². The van der Waals surface area contributed by atoms with Gasteiger partial charge in [-0.3, -0.25) is 9.78 Å². The molecule has 0 saturated heterocycles. The zero-order valence-electron chi connectivity index (χ0n) is 13.7. The summed E-state index contributed by atoms with van der Waals surface area (Å²) in [5.74, 6) is -0.351. The van der Waals surface area contributed by atoms with E-state index in [4.69, 9.17) is 4.74 Å². The van der Waals surface area contributed by atoms with Gasteiger partial charge < -0.3 is 4.74 Å². The molecule has 0 N–H and O–H groups in total. The number of nitrogens with zero attached hydrogens (tertiary/aromatic N) is 4. The van der Waals surface area contributed by atoms with Crippen molar-refractivity contribution in [1.82, 2.24) is 20.0 Å². The summed E-state index contributed by atoms with van der Waals surface area (Å²) < 4.78 is 6.89. The van der Waals surface area contributed by atoms with Crippen molar-refractivity contribution in [3.63, 3.8) is 0 Å². The van der Waals surface area contributed by atoms with Crippen molar-refractivity contribution in [2.45, 2.75) is 45.8 Å². The fraction of sp³-hybridized carbons (Fsp3) is 0.438. The van der Waals surface area contributed by atoms with Crippen LogP contribution in [-0.2, 0) is 9.53 Å². The third-order valence-electron chi connectivity index (χ3n) is 3.09. The smallest absolute Gasteiger partial charge is 0.331 e. The minimum Gasteiger partial charge on any atom is -0.458 e. The van der Waals surface area contributed by atoms with Gasteiger partial charge in [-0.05, 0) is 33.3 Å². The minimum absolute atomic E-state index is 0.351. The summed E-state index contributed by atoms with van der Waals surface area (Å²) in [6.07, 6.45) is 5.97. The Balaban J connectivity index is 2.25. The Hall–Kier alpha value is -2.57. The van der Waals surface area contributed by atoms with Gasteiger partial charge in [0.1, 0.15) is 11.3 Å². The molecule has 1 atom stereocenters. The summed E-state index contributed by atoms with van der Waals surface area (Å²) in [7, 11) is 0. The minimum atomic E-state index is -0.559. The number of aromatic nitrogens is 4. The molecule has 0 spiro atoms. The molecule has 2 rings (SSSR count). The monoisotopic (exact) mass is 316 g/mol. The number of carbonyl (C=O) groups excluding carboxylic acids is 2. The molecule has 0 amide bonds. The van der Waals surface area contributed by atoms with Crippen LogP contribution in [0.25, 0.3) is 11.3 Å². The molecule has 0 aromatic carbocycles. The van der Waals surface area contributed by atoms with Crippen LogP contribution in [0.15, 0.2) is 24.7 Å². The van der Waals surface area contributed by atoms with Crippen LogP contribution < -0.4 is 0 Å². The Labute approximate surface area is 134 Å². The van der Waals surface area contributed by atoms with E-state index in [1.165, 1.54) is 10.9 Å². The normalized spacial score (nSPS) is 12.7. The van der Waals surface area contributed by atoms with E-state index < -0.39 is 11.6 Å². The molecule has 0 bridgehead atoms. The lowest BCUT2D eigenvalue weighted by molar-refractivity contribution is -0.159. The molecule has 0 aliphatic carbocycles. The van der Waals surface area contributed by atoms with E-state index >= 15 is 0 Å². The second-order valence-corrected chi connectivity index (χ2v) is 6.17. The van der Waals surface area contributed by atoms with Gasteiger partial charge in [-0.25, -0.2) is 9.48 Å². The first-order valence-electron chi connectivity index (χ1n) is 7.39. The van der Waals surface area contributed by atoms with Gasteiger partial charge in [0, 0.05) is 23.5 Å². The molecule has 2 heterocycles. The maximum absolute atomic E-state index is 12.3. The summed E-state index contributed by atoms with van der Waals surface area (Å²) in [6, 6.07) is 1.13. The van der Waals surface area contributed by atoms with Crippen molar-refractivity contribution in [2.75, 3.05) is 0 Å². The number of rotatable bonds is 5. The van der Waals surface area contributed by atoms with E-state index in [0.29, 0.717) is 23.2 Å². The predicted molar refractivity (Wildman–Crippen MR) is 83.8 cm³/mol. The highest BCUT2D eigenvalue weighted by Gasteiger charge is 2.26. The highest BCUT2D eigenvalue weighted by atomic mass is 16.6. The standard InChI is InChI=1S/C16H20N4O3/c1-5-14(15(22)23-16(2,3)4)20-9-13(18-19-20)12-6-11(10-21)7-17-8-12/h6-10,14H,5H2,1-4H3. The third kappa shape index (κ3) is 4.21. The molecule has 7 heteroatoms. The van der Waals surface area contributed by atoms with Crippen molar-refractivity contribution in [3.05, 3.63) is 30.2 Å². The van der Waals surface area contributed by atoms with Crippen molar-refractivity contribution >= 4 is 12.3 Å². The van der Waals surface area contributed by atoms with Crippen molar-refractivity contribution in [1.29, 1.82) is 0 Å². The number of pyridine rings is 1. The first kappa shape index (κ1) is 16.8. The molecule has 0 fully saturated rings. The molecule has 0 aliphatic heterocycles. The van der Waals surface area contributed by atoms with Gasteiger partial charge in [-0.1, -0.05) is 12.1 Å². The maximum atomic E-state index is 12.3. The number of esters is 1. The molecule has 0 radical (unpaired) electrons. The van der Waals surface area contributed by atoms with Crippen LogP contribution in [0.1, 0.15) is 50.5 Å². The first-order valence-corrected chi connectivity index (χ1v) is 7.39. The summed E-state index contributed by atoms with van der Waals surface area (Å²) in [5.41, 5.74) is 1.11. The molecule has 23 heavy (non-hydrogen) atoms. The van der Waals surface area contributed by atoms with Gasteiger partial charge in [0.05, 0.1) is 6.20 Å². The van der Waals surface area contributed by atoms with Crippen molar-refractivity contribution < 1.29 is 14.3 Å². The second kappa shape index (κ2) is 6.68. The van der Waals surface area contributed by atoms with Crippen molar-refractivity contribution in [2.24, 2.45) is 0 Å². The summed E-state index contributed by atoms with van der Waals surface area (Å²) >= 11 is 0. The topological polar surface area (TPSA) is 87.0 Å². The molecular formula is C16H20N4O3. The predicted octanol–water partition coefficient (Wildman–Crippen LogP) is 2.45.